The largest absolute Gasteiger partial charge is 0.550 e. The Hall–Kier alpha value is -4.46. The Morgan fingerprint density at radius 1 is 0.812 bits per heavy atom. The molecule has 14 nitrogen and oxygen atoms in total. The number of allylic oxidation sites excluding steroid dienone is 4. The first-order chi connectivity index (χ1) is 23.1. The zero-order chi connectivity index (χ0) is 35.4. The number of hydrogen-bond donors (Lipinski definition) is 3. The van der Waals surface area contributed by atoms with Crippen LogP contribution in [0.4, 0.5) is 15.3 Å². The maximum atomic E-state index is 11.7. The predicted octanol–water partition coefficient (Wildman–Crippen LogP) is 5.72. The number of hydrogen-bond acceptors (Lipinski definition) is 11. The van der Waals surface area contributed by atoms with Crippen molar-refractivity contribution in [1.82, 2.24) is 5.32 Å². The van der Waals surface area contributed by atoms with E-state index in [2.05, 4.69) is 29.6 Å². The maximum Gasteiger partial charge on any atom is 0.514 e. The van der Waals surface area contributed by atoms with Crippen molar-refractivity contribution in [3.8, 4) is 5.75 Å². The highest BCUT2D eigenvalue weighted by Crippen LogP contribution is 2.20. The second-order valence-corrected chi connectivity index (χ2v) is 11.2. The van der Waals surface area contributed by atoms with Gasteiger partial charge in [0.1, 0.15) is 18.0 Å². The Morgan fingerprint density at radius 3 is 1.92 bits per heavy atom. The third-order valence-electron chi connectivity index (χ3n) is 7.14. The van der Waals surface area contributed by atoms with Crippen molar-refractivity contribution in [2.75, 3.05) is 13.1 Å². The molecule has 0 aromatic heterocycles. The molecular formula is C34H50N3O11-. The molecule has 0 saturated carbocycles. The van der Waals surface area contributed by atoms with E-state index in [4.69, 9.17) is 25.1 Å². The van der Waals surface area contributed by atoms with Gasteiger partial charge in [-0.25, -0.2) is 9.59 Å². The fourth-order valence-electron chi connectivity index (χ4n) is 4.58. The Balaban J connectivity index is 0.000000395. The molecule has 0 saturated heterocycles. The summed E-state index contributed by atoms with van der Waals surface area (Å²) in [5.74, 6) is -1.56. The summed E-state index contributed by atoms with van der Waals surface area (Å²) in [6, 6.07) is 5.31. The Labute approximate surface area is 281 Å². The summed E-state index contributed by atoms with van der Waals surface area (Å²) in [7, 11) is 0. The van der Waals surface area contributed by atoms with Crippen molar-refractivity contribution in [3.63, 3.8) is 0 Å². The molecule has 1 aromatic carbocycles. The third-order valence-corrected chi connectivity index (χ3v) is 7.14. The van der Waals surface area contributed by atoms with E-state index >= 15 is 0 Å². The van der Waals surface area contributed by atoms with Gasteiger partial charge in [-0.15, -0.1) is 0 Å². The van der Waals surface area contributed by atoms with Crippen LogP contribution >= 0.6 is 0 Å². The molecule has 1 amide bonds. The minimum absolute atomic E-state index is 0.00368. The molecule has 0 aliphatic heterocycles. The SMILES string of the molecule is NCCCCC(=O)[O-].O=C(O)CCCCNC(=O)O[C@H]1CC/C=C/CCC1.O=C(Oc1ccc([N+](=O)[O-])cc1)O[C@H]1CC/C=C/CCC1. The lowest BCUT2D eigenvalue weighted by Gasteiger charge is -2.18. The van der Waals surface area contributed by atoms with E-state index in [1.54, 1.807) is 0 Å². The standard InChI is InChI=1S/C15H17NO5.C14H23NO4.C5H11NO2/c17-15(20-13-6-4-2-1-3-5-7-13)21-14-10-8-12(9-11-14)16(18)19;16-13(17)10-6-7-11-15-14(18)19-12-8-4-2-1-3-5-9-12;6-4-2-1-3-5(7)8/h1-2,8-11,13H,3-7H2;1-2,12H,3-11H2,(H,15,18)(H,16,17);1-4,6H2,(H,7,8)/p-1/b2*2-1+;/t13-;12-;/m00./s1. The van der Waals surface area contributed by atoms with Crippen LogP contribution in [0.15, 0.2) is 48.6 Å². The first-order valence-electron chi connectivity index (χ1n) is 16.6. The highest BCUT2D eigenvalue weighted by molar-refractivity contribution is 5.67. The van der Waals surface area contributed by atoms with Crippen molar-refractivity contribution >= 4 is 29.9 Å². The molecule has 0 unspecified atom stereocenters. The summed E-state index contributed by atoms with van der Waals surface area (Å²) in [6.45, 7) is 1.03. The molecule has 268 valence electrons. The number of non-ortho nitro benzene ring substituents is 1. The lowest BCUT2D eigenvalue weighted by Crippen LogP contribution is -2.30. The molecule has 2 aliphatic carbocycles. The van der Waals surface area contributed by atoms with Crippen LogP contribution in [-0.4, -0.2) is 59.5 Å². The molecule has 2 atom stereocenters. The van der Waals surface area contributed by atoms with Gasteiger partial charge in [-0.2, -0.15) is 0 Å². The first kappa shape index (κ1) is 41.6. The van der Waals surface area contributed by atoms with Crippen LogP contribution in [0, 0.1) is 10.1 Å². The molecule has 0 heterocycles. The van der Waals surface area contributed by atoms with Crippen molar-refractivity contribution in [2.45, 2.75) is 115 Å². The number of carboxylic acid groups (broad SMARTS) is 2. The number of aliphatic carboxylic acids is 2. The van der Waals surface area contributed by atoms with Crippen LogP contribution in [0.25, 0.3) is 0 Å². The normalized spacial score (nSPS) is 18.5. The van der Waals surface area contributed by atoms with Gasteiger partial charge < -0.3 is 40.3 Å². The van der Waals surface area contributed by atoms with Gasteiger partial charge >= 0.3 is 18.2 Å². The number of carbonyl (C=O) groups excluding carboxylic acids is 3. The number of ether oxygens (including phenoxy) is 3. The van der Waals surface area contributed by atoms with Gasteiger partial charge in [-0.1, -0.05) is 24.3 Å². The lowest BCUT2D eigenvalue weighted by atomic mass is 10.0. The van der Waals surface area contributed by atoms with E-state index in [1.807, 2.05) is 0 Å². The summed E-state index contributed by atoms with van der Waals surface area (Å²) in [5, 5.41) is 31.4. The molecule has 2 aliphatic rings. The van der Waals surface area contributed by atoms with E-state index in [0.29, 0.717) is 32.4 Å². The smallest absolute Gasteiger partial charge is 0.514 e. The van der Waals surface area contributed by atoms with Gasteiger partial charge in [0, 0.05) is 31.1 Å². The van der Waals surface area contributed by atoms with Gasteiger partial charge in [0.2, 0.25) is 0 Å². The van der Waals surface area contributed by atoms with Crippen LogP contribution in [0.1, 0.15) is 103 Å². The quantitative estimate of drug-likeness (QED) is 0.0570. The Morgan fingerprint density at radius 2 is 1.38 bits per heavy atom. The molecule has 3 rings (SSSR count). The predicted molar refractivity (Wildman–Crippen MR) is 176 cm³/mol. The van der Waals surface area contributed by atoms with E-state index in [-0.39, 0.29) is 42.6 Å². The zero-order valence-electron chi connectivity index (χ0n) is 27.6. The number of benzene rings is 1. The van der Waals surface area contributed by atoms with Crippen LogP contribution in [0.2, 0.25) is 0 Å². The van der Waals surface area contributed by atoms with E-state index in [9.17, 15) is 34.4 Å². The number of carbonyl (C=O) groups is 4. The van der Waals surface area contributed by atoms with Gasteiger partial charge in [0.15, 0.2) is 0 Å². The average Bonchev–Trinajstić information content (AvgIpc) is 3.00. The van der Waals surface area contributed by atoms with Gasteiger partial charge in [0.05, 0.1) is 4.92 Å². The molecule has 0 spiro atoms. The second kappa shape index (κ2) is 26.6. The minimum atomic E-state index is -0.988. The third kappa shape index (κ3) is 23.0. The first-order valence-corrected chi connectivity index (χ1v) is 16.6. The maximum absolute atomic E-state index is 11.7. The van der Waals surface area contributed by atoms with Crippen LogP contribution in [0.3, 0.4) is 0 Å². The van der Waals surface area contributed by atoms with Gasteiger partial charge in [-0.3, -0.25) is 14.9 Å². The monoisotopic (exact) mass is 676 g/mol. The highest BCUT2D eigenvalue weighted by atomic mass is 16.7. The Bertz CT molecular complexity index is 1160. The molecule has 48 heavy (non-hydrogen) atoms. The number of nitrogens with one attached hydrogen (secondary N) is 1. The summed E-state index contributed by atoms with van der Waals surface area (Å²) in [4.78, 5) is 53.3. The fraction of sp³-hybridized carbons (Fsp3) is 0.588. The molecule has 1 aromatic rings. The number of alkyl carbamates (subject to hydrolysis) is 1. The van der Waals surface area contributed by atoms with Crippen molar-refractivity contribution in [3.05, 3.63) is 58.7 Å². The minimum Gasteiger partial charge on any atom is -0.550 e. The van der Waals surface area contributed by atoms with Crippen molar-refractivity contribution in [2.24, 2.45) is 5.73 Å². The number of rotatable bonds is 13. The number of nitro groups is 1. The fourth-order valence-corrected chi connectivity index (χ4v) is 4.58. The van der Waals surface area contributed by atoms with Crippen LogP contribution in [-0.2, 0) is 19.1 Å². The average molecular weight is 677 g/mol. The molecule has 0 fully saturated rings. The summed E-state index contributed by atoms with van der Waals surface area (Å²) >= 11 is 0. The molecule has 4 N–H and O–H groups in total. The van der Waals surface area contributed by atoms with Gasteiger partial charge in [-0.05, 0) is 115 Å². The number of nitrogens with zero attached hydrogens (tertiary/aromatic N) is 1. The molecule has 14 heteroatoms. The van der Waals surface area contributed by atoms with Crippen LogP contribution < -0.4 is 20.9 Å². The van der Waals surface area contributed by atoms with E-state index < -0.39 is 23.0 Å². The number of carboxylic acids is 2. The van der Waals surface area contributed by atoms with Crippen LogP contribution in [0.5, 0.6) is 5.75 Å². The van der Waals surface area contributed by atoms with Crippen molar-refractivity contribution < 1.29 is 48.5 Å². The zero-order valence-corrected chi connectivity index (χ0v) is 27.6. The second-order valence-electron chi connectivity index (χ2n) is 11.2. The molecular weight excluding hydrogens is 626 g/mol. The summed E-state index contributed by atoms with van der Waals surface area (Å²) in [6.07, 6.45) is 19.5. The summed E-state index contributed by atoms with van der Waals surface area (Å²) in [5.41, 5.74) is 5.05. The van der Waals surface area contributed by atoms with E-state index in [0.717, 1.165) is 70.6 Å². The number of unbranched alkanes of at least 4 members (excludes halogenated alkanes) is 2. The number of amides is 1. The van der Waals surface area contributed by atoms with Gasteiger partial charge in [0.25, 0.3) is 5.69 Å². The molecule has 0 radical (unpaired) electrons. The number of nitrogens with two attached hydrogens (primary N) is 1. The molecule has 0 bridgehead atoms. The van der Waals surface area contributed by atoms with E-state index in [1.165, 1.54) is 24.3 Å². The highest BCUT2D eigenvalue weighted by Gasteiger charge is 2.17. The van der Waals surface area contributed by atoms with Crippen molar-refractivity contribution in [1.29, 1.82) is 0 Å². The number of nitro benzene ring substituents is 1. The summed E-state index contributed by atoms with van der Waals surface area (Å²) < 4.78 is 15.7. The lowest BCUT2D eigenvalue weighted by molar-refractivity contribution is -0.384. The topological polar surface area (TPSA) is 220 Å². The Kier molecular flexibility index (Phi) is 23.0.